The first-order valence-electron chi connectivity index (χ1n) is 3.54. The van der Waals surface area contributed by atoms with Gasteiger partial charge in [-0.1, -0.05) is 32.4 Å². The summed E-state index contributed by atoms with van der Waals surface area (Å²) in [5.41, 5.74) is 0. The first-order chi connectivity index (χ1) is 4.21. The Kier molecular flexibility index (Phi) is 3.39. The van der Waals surface area contributed by atoms with Gasteiger partial charge in [-0.2, -0.15) is 0 Å². The highest BCUT2D eigenvalue weighted by atomic mass is 35.5. The zero-order valence-corrected chi connectivity index (χ0v) is 9.66. The van der Waals surface area contributed by atoms with E-state index in [1.807, 2.05) is 13.8 Å². The minimum Gasteiger partial charge on any atom is -0.406 e. The zero-order chi connectivity index (χ0) is 8.41. The molecule has 62 valence electrons. The first-order valence-corrected chi connectivity index (χ1v) is 5.20. The second-order valence-electron chi connectivity index (χ2n) is 4.21. The predicted octanol–water partition coefficient (Wildman–Crippen LogP) is 2.28. The van der Waals surface area contributed by atoms with Crippen LogP contribution in [0.4, 0.5) is 0 Å². The van der Waals surface area contributed by atoms with Crippen molar-refractivity contribution in [3.05, 3.63) is 0 Å². The van der Waals surface area contributed by atoms with Crippen molar-refractivity contribution in [3.63, 3.8) is 0 Å². The average Bonchev–Trinajstić information content (AvgIpc) is 1.57. The third kappa shape index (κ3) is 8.47. The highest BCUT2D eigenvalue weighted by Crippen LogP contribution is 2.24. The van der Waals surface area contributed by atoms with E-state index >= 15 is 0 Å². The average molecular weight is 181 g/mol. The minimum atomic E-state index is -0.486. The molecule has 0 aliphatic carbocycles. The summed E-state index contributed by atoms with van der Waals surface area (Å²) in [7, 11) is -0.486. The summed E-state index contributed by atoms with van der Waals surface area (Å²) >= 11 is 5.85. The molecule has 0 fully saturated rings. The van der Waals surface area contributed by atoms with Crippen molar-refractivity contribution in [3.8, 4) is 0 Å². The first kappa shape index (κ1) is 10.5. The quantitative estimate of drug-likeness (QED) is 0.468. The Balaban J connectivity index is 3.56. The normalized spacial score (nSPS) is 15.0. The number of rotatable bonds is 2. The van der Waals surface area contributed by atoms with E-state index in [1.54, 1.807) is 0 Å². The van der Waals surface area contributed by atoms with Gasteiger partial charge >= 0.3 is 0 Å². The third-order valence-electron chi connectivity index (χ3n) is 0.848. The van der Waals surface area contributed by atoms with Gasteiger partial charge in [0.25, 0.3) is 0 Å². The largest absolute Gasteiger partial charge is 0.406 e. The van der Waals surface area contributed by atoms with Gasteiger partial charge in [-0.25, -0.2) is 0 Å². The summed E-state index contributed by atoms with van der Waals surface area (Å²) in [6, 6.07) is 0. The van der Waals surface area contributed by atoms with Crippen LogP contribution in [-0.2, 0) is 4.43 Å². The molecule has 0 amide bonds. The molecule has 0 rings (SSSR count). The molecule has 0 aromatic rings. The van der Waals surface area contributed by atoms with E-state index in [1.165, 1.54) is 0 Å². The second kappa shape index (κ2) is 3.24. The van der Waals surface area contributed by atoms with Gasteiger partial charge in [0, 0.05) is 0 Å². The lowest BCUT2D eigenvalue weighted by atomic mass is 10.3. The van der Waals surface area contributed by atoms with Crippen molar-refractivity contribution in [2.45, 2.75) is 44.7 Å². The molecule has 0 aromatic heterocycles. The molecule has 0 heterocycles. The Morgan fingerprint density at radius 1 is 1.10 bits per heavy atom. The summed E-state index contributed by atoms with van der Waals surface area (Å²) < 4.78 is 5.50. The number of alkyl halides is 1. The van der Waals surface area contributed by atoms with Gasteiger partial charge < -0.3 is 4.43 Å². The Hall–Kier alpha value is 0.467. The molecule has 1 nitrogen and oxygen atoms in total. The number of halogens is 1. The molecule has 0 unspecified atom stereocenters. The Morgan fingerprint density at radius 3 is 1.60 bits per heavy atom. The lowest BCUT2D eigenvalue weighted by Crippen LogP contribution is -2.23. The van der Waals surface area contributed by atoms with Crippen molar-refractivity contribution < 1.29 is 4.43 Å². The van der Waals surface area contributed by atoms with Crippen molar-refractivity contribution in [2.24, 2.45) is 0 Å². The van der Waals surface area contributed by atoms with Crippen LogP contribution in [0, 0.1) is 0 Å². The van der Waals surface area contributed by atoms with Crippen LogP contribution in [0.2, 0.25) is 5.04 Å². The molecule has 3 heteroatoms. The van der Waals surface area contributed by atoms with E-state index in [9.17, 15) is 0 Å². The van der Waals surface area contributed by atoms with Crippen molar-refractivity contribution in [2.75, 3.05) is 0 Å². The molecule has 0 saturated carbocycles. The Labute approximate surface area is 71.0 Å². The van der Waals surface area contributed by atoms with Gasteiger partial charge in [0.15, 0.2) is 9.76 Å². The molecule has 0 aromatic carbocycles. The third-order valence-corrected chi connectivity index (χ3v) is 2.87. The number of hydrogen-bond donors (Lipinski definition) is 0. The maximum atomic E-state index is 5.85. The molecule has 10 heavy (non-hydrogen) atoms. The van der Waals surface area contributed by atoms with Gasteiger partial charge in [0.1, 0.15) is 5.06 Å². The van der Waals surface area contributed by atoms with E-state index in [4.69, 9.17) is 16.0 Å². The van der Waals surface area contributed by atoms with Crippen LogP contribution in [0.5, 0.6) is 0 Å². The van der Waals surface area contributed by atoms with Crippen LogP contribution in [0.3, 0.4) is 0 Å². The molecule has 0 aliphatic rings. The molecular formula is C7H17ClOSi. The molecule has 0 N–H and O–H groups in total. The minimum absolute atomic E-state index is 0.339. The highest BCUT2D eigenvalue weighted by molar-refractivity contribution is 6.34. The van der Waals surface area contributed by atoms with Crippen LogP contribution < -0.4 is 0 Å². The lowest BCUT2D eigenvalue weighted by Gasteiger charge is -2.24. The van der Waals surface area contributed by atoms with E-state index in [2.05, 4.69) is 20.8 Å². The maximum absolute atomic E-state index is 5.85. The summed E-state index contributed by atoms with van der Waals surface area (Å²) in [6.45, 7) is 10.3. The van der Waals surface area contributed by atoms with E-state index in [-0.39, 0.29) is 0 Å². The maximum Gasteiger partial charge on any atom is 0.169 e. The summed E-state index contributed by atoms with van der Waals surface area (Å²) in [5.74, 6) is 0. The van der Waals surface area contributed by atoms with Gasteiger partial charge in [-0.3, -0.25) is 0 Å². The lowest BCUT2D eigenvalue weighted by molar-refractivity contribution is 0.201. The molecule has 0 radical (unpaired) electrons. The molecule has 0 aliphatic heterocycles. The topological polar surface area (TPSA) is 9.23 Å². The van der Waals surface area contributed by atoms with Crippen LogP contribution in [0.15, 0.2) is 0 Å². The number of hydrogen-bond acceptors (Lipinski definition) is 1. The van der Waals surface area contributed by atoms with E-state index in [0.717, 1.165) is 0 Å². The van der Waals surface area contributed by atoms with Crippen molar-refractivity contribution in [1.29, 1.82) is 0 Å². The highest BCUT2D eigenvalue weighted by Gasteiger charge is 2.19. The van der Waals surface area contributed by atoms with Crippen molar-refractivity contribution in [1.82, 2.24) is 0 Å². The fourth-order valence-electron chi connectivity index (χ4n) is 0.388. The van der Waals surface area contributed by atoms with Gasteiger partial charge in [-0.05, 0) is 18.9 Å². The van der Waals surface area contributed by atoms with Gasteiger partial charge in [-0.15, -0.1) is 0 Å². The molecule has 0 spiro atoms. The SMILES string of the molecule is CC(C)(Cl)O[SiH2]C(C)(C)C. The van der Waals surface area contributed by atoms with E-state index < -0.39 is 14.8 Å². The monoisotopic (exact) mass is 180 g/mol. The van der Waals surface area contributed by atoms with Gasteiger partial charge in [0.05, 0.1) is 0 Å². The molecule has 0 atom stereocenters. The molecule has 0 bridgehead atoms. The Bertz CT molecular complexity index is 87.2. The summed E-state index contributed by atoms with van der Waals surface area (Å²) in [4.78, 5) is 0. The van der Waals surface area contributed by atoms with Crippen LogP contribution in [-0.4, -0.2) is 14.8 Å². The second-order valence-corrected chi connectivity index (χ2v) is 7.82. The molecular weight excluding hydrogens is 164 g/mol. The van der Waals surface area contributed by atoms with Crippen LogP contribution in [0.25, 0.3) is 0 Å². The zero-order valence-electron chi connectivity index (χ0n) is 7.49. The Morgan fingerprint density at radius 2 is 1.50 bits per heavy atom. The van der Waals surface area contributed by atoms with Crippen molar-refractivity contribution >= 4 is 21.4 Å². The standard InChI is InChI=1S/C7H17ClOSi/c1-6(2,3)10-9-7(4,5)8/h10H2,1-5H3. The van der Waals surface area contributed by atoms with Gasteiger partial charge in [0.2, 0.25) is 0 Å². The predicted molar refractivity (Wildman–Crippen MR) is 49.3 cm³/mol. The fraction of sp³-hybridized carbons (Fsp3) is 1.00. The smallest absolute Gasteiger partial charge is 0.169 e. The van der Waals surface area contributed by atoms with Crippen LogP contribution >= 0.6 is 11.6 Å². The summed E-state index contributed by atoms with van der Waals surface area (Å²) in [5, 5.41) is -0.119. The summed E-state index contributed by atoms with van der Waals surface area (Å²) in [6.07, 6.45) is 0. The molecule has 0 saturated heterocycles. The van der Waals surface area contributed by atoms with Crippen LogP contribution in [0.1, 0.15) is 34.6 Å². The van der Waals surface area contributed by atoms with E-state index in [0.29, 0.717) is 5.04 Å². The fourth-order valence-corrected chi connectivity index (χ4v) is 1.33.